The van der Waals surface area contributed by atoms with Crippen LogP contribution in [-0.2, 0) is 12.8 Å². The number of aromatic nitrogens is 1. The van der Waals surface area contributed by atoms with Crippen molar-refractivity contribution in [3.8, 4) is 0 Å². The number of aryl methyl sites for hydroxylation is 2. The van der Waals surface area contributed by atoms with Crippen molar-refractivity contribution in [1.82, 2.24) is 4.98 Å². The van der Waals surface area contributed by atoms with Crippen LogP contribution in [-0.4, -0.2) is 16.6 Å². The highest BCUT2D eigenvalue weighted by molar-refractivity contribution is 7.11. The number of para-hydroxylation sites is 1. The number of thiazole rings is 1. The maximum absolute atomic E-state index is 10.5. The van der Waals surface area contributed by atoms with Crippen molar-refractivity contribution >= 4 is 17.0 Å². The number of nitrogens with one attached hydrogen (secondary N) is 1. The summed E-state index contributed by atoms with van der Waals surface area (Å²) in [6.45, 7) is 5.06. The van der Waals surface area contributed by atoms with Crippen LogP contribution in [0.15, 0.2) is 18.2 Å². The molecule has 1 aromatic carbocycles. The van der Waals surface area contributed by atoms with Crippen molar-refractivity contribution in [2.45, 2.75) is 32.8 Å². The second kappa shape index (κ2) is 4.94. The van der Waals surface area contributed by atoms with Crippen LogP contribution in [0.3, 0.4) is 0 Å². The third-order valence-electron chi connectivity index (χ3n) is 3.68. The molecule has 1 aromatic heterocycles. The molecule has 0 saturated heterocycles. The molecule has 0 saturated carbocycles. The SMILES string of the molecule is Cc1nc(CC(O)c2cccc3c2NCC3)sc1C. The van der Waals surface area contributed by atoms with Gasteiger partial charge >= 0.3 is 0 Å². The van der Waals surface area contributed by atoms with Gasteiger partial charge in [-0.2, -0.15) is 0 Å². The van der Waals surface area contributed by atoms with Crippen LogP contribution < -0.4 is 5.32 Å². The van der Waals surface area contributed by atoms with E-state index in [2.05, 4.69) is 23.3 Å². The van der Waals surface area contributed by atoms with E-state index in [0.29, 0.717) is 6.42 Å². The van der Waals surface area contributed by atoms with E-state index < -0.39 is 6.10 Å². The smallest absolute Gasteiger partial charge is 0.0960 e. The maximum atomic E-state index is 10.5. The Morgan fingerprint density at radius 2 is 2.26 bits per heavy atom. The minimum absolute atomic E-state index is 0.481. The molecule has 2 aromatic rings. The zero-order chi connectivity index (χ0) is 13.4. The predicted octanol–water partition coefficient (Wildman–Crippen LogP) is 3.00. The molecule has 3 rings (SSSR count). The average molecular weight is 274 g/mol. The number of fused-ring (bicyclic) bond motifs is 1. The Balaban J connectivity index is 1.84. The molecular formula is C15H18N2OS. The first-order chi connectivity index (χ1) is 9.15. The van der Waals surface area contributed by atoms with Gasteiger partial charge in [-0.25, -0.2) is 4.98 Å². The normalized spacial score (nSPS) is 15.1. The van der Waals surface area contributed by atoms with E-state index in [9.17, 15) is 5.11 Å². The van der Waals surface area contributed by atoms with Crippen molar-refractivity contribution in [2.24, 2.45) is 0 Å². The topological polar surface area (TPSA) is 45.2 Å². The second-order valence-corrected chi connectivity index (χ2v) is 6.32. The Morgan fingerprint density at radius 1 is 1.42 bits per heavy atom. The van der Waals surface area contributed by atoms with Crippen LogP contribution in [0.4, 0.5) is 5.69 Å². The van der Waals surface area contributed by atoms with Gasteiger partial charge in [-0.3, -0.25) is 0 Å². The number of hydrogen-bond donors (Lipinski definition) is 2. The van der Waals surface area contributed by atoms with Crippen LogP contribution in [0.25, 0.3) is 0 Å². The van der Waals surface area contributed by atoms with Gasteiger partial charge in [-0.15, -0.1) is 11.3 Å². The summed E-state index contributed by atoms with van der Waals surface area (Å²) >= 11 is 1.68. The molecule has 0 aliphatic carbocycles. The summed E-state index contributed by atoms with van der Waals surface area (Å²) in [5.41, 5.74) is 4.51. The van der Waals surface area contributed by atoms with E-state index in [0.717, 1.165) is 34.9 Å². The number of aliphatic hydroxyl groups is 1. The van der Waals surface area contributed by atoms with Gasteiger partial charge < -0.3 is 10.4 Å². The van der Waals surface area contributed by atoms with E-state index in [4.69, 9.17) is 0 Å². The lowest BCUT2D eigenvalue weighted by atomic mass is 10.0. The summed E-state index contributed by atoms with van der Waals surface area (Å²) in [4.78, 5) is 5.74. The first kappa shape index (κ1) is 12.6. The van der Waals surface area contributed by atoms with Crippen molar-refractivity contribution in [3.63, 3.8) is 0 Å². The zero-order valence-corrected chi connectivity index (χ0v) is 12.0. The molecule has 0 radical (unpaired) electrons. The summed E-state index contributed by atoms with van der Waals surface area (Å²) in [6, 6.07) is 6.17. The Morgan fingerprint density at radius 3 is 3.00 bits per heavy atom. The van der Waals surface area contributed by atoms with Gasteiger partial charge in [-0.05, 0) is 25.8 Å². The van der Waals surface area contributed by atoms with Crippen molar-refractivity contribution < 1.29 is 5.11 Å². The molecule has 100 valence electrons. The van der Waals surface area contributed by atoms with Crippen LogP contribution >= 0.6 is 11.3 Å². The quantitative estimate of drug-likeness (QED) is 0.904. The zero-order valence-electron chi connectivity index (χ0n) is 11.2. The van der Waals surface area contributed by atoms with Gasteiger partial charge in [0.1, 0.15) is 0 Å². The lowest BCUT2D eigenvalue weighted by Crippen LogP contribution is -2.05. The van der Waals surface area contributed by atoms with E-state index in [-0.39, 0.29) is 0 Å². The number of anilines is 1. The molecule has 1 unspecified atom stereocenters. The highest BCUT2D eigenvalue weighted by atomic mass is 32.1. The molecule has 2 heterocycles. The number of hydrogen-bond acceptors (Lipinski definition) is 4. The maximum Gasteiger partial charge on any atom is 0.0960 e. The molecule has 0 amide bonds. The highest BCUT2D eigenvalue weighted by Crippen LogP contribution is 2.33. The molecule has 1 atom stereocenters. The number of rotatable bonds is 3. The Labute approximate surface area is 117 Å². The summed E-state index contributed by atoms with van der Waals surface area (Å²) in [5.74, 6) is 0. The standard InChI is InChI=1S/C15H18N2OS/c1-9-10(2)19-14(17-9)8-13(18)12-5-3-4-11-6-7-16-15(11)12/h3-5,13,16,18H,6-8H2,1-2H3. The van der Waals surface area contributed by atoms with Gasteiger partial charge in [0.2, 0.25) is 0 Å². The predicted molar refractivity (Wildman–Crippen MR) is 78.9 cm³/mol. The lowest BCUT2D eigenvalue weighted by molar-refractivity contribution is 0.179. The molecular weight excluding hydrogens is 256 g/mol. The highest BCUT2D eigenvalue weighted by Gasteiger charge is 2.20. The molecule has 0 spiro atoms. The van der Waals surface area contributed by atoms with Gasteiger partial charge in [0, 0.05) is 29.1 Å². The van der Waals surface area contributed by atoms with Crippen LogP contribution in [0.2, 0.25) is 0 Å². The van der Waals surface area contributed by atoms with Gasteiger partial charge in [0.25, 0.3) is 0 Å². The number of aliphatic hydroxyl groups excluding tert-OH is 1. The van der Waals surface area contributed by atoms with E-state index in [1.54, 1.807) is 11.3 Å². The van der Waals surface area contributed by atoms with Crippen molar-refractivity contribution in [1.29, 1.82) is 0 Å². The molecule has 19 heavy (non-hydrogen) atoms. The van der Waals surface area contributed by atoms with Crippen LogP contribution in [0.5, 0.6) is 0 Å². The number of nitrogens with zero attached hydrogens (tertiary/aromatic N) is 1. The minimum atomic E-state index is -0.481. The minimum Gasteiger partial charge on any atom is -0.388 e. The van der Waals surface area contributed by atoms with Crippen molar-refractivity contribution in [2.75, 3.05) is 11.9 Å². The third-order valence-corrected chi connectivity index (χ3v) is 4.77. The summed E-state index contributed by atoms with van der Waals surface area (Å²) in [5, 5.41) is 14.9. The summed E-state index contributed by atoms with van der Waals surface area (Å²) in [7, 11) is 0. The van der Waals surface area contributed by atoms with Gasteiger partial charge in [-0.1, -0.05) is 18.2 Å². The molecule has 0 bridgehead atoms. The largest absolute Gasteiger partial charge is 0.388 e. The first-order valence-corrected chi connectivity index (χ1v) is 7.43. The fraction of sp³-hybridized carbons (Fsp3) is 0.400. The average Bonchev–Trinajstić information content (AvgIpc) is 2.96. The first-order valence-electron chi connectivity index (χ1n) is 6.62. The molecule has 1 aliphatic heterocycles. The Bertz CT molecular complexity index is 587. The third kappa shape index (κ3) is 2.38. The lowest BCUT2D eigenvalue weighted by Gasteiger charge is -2.14. The van der Waals surface area contributed by atoms with Crippen LogP contribution in [0, 0.1) is 13.8 Å². The molecule has 4 heteroatoms. The van der Waals surface area contributed by atoms with E-state index in [1.807, 2.05) is 19.1 Å². The number of benzene rings is 1. The molecule has 3 nitrogen and oxygen atoms in total. The van der Waals surface area contributed by atoms with E-state index >= 15 is 0 Å². The summed E-state index contributed by atoms with van der Waals surface area (Å²) < 4.78 is 0. The van der Waals surface area contributed by atoms with Crippen LogP contribution in [0.1, 0.15) is 32.8 Å². The molecule has 0 fully saturated rings. The van der Waals surface area contributed by atoms with Crippen molar-refractivity contribution in [3.05, 3.63) is 44.9 Å². The Kier molecular flexibility index (Phi) is 3.29. The fourth-order valence-electron chi connectivity index (χ4n) is 2.55. The molecule has 2 N–H and O–H groups in total. The second-order valence-electron chi connectivity index (χ2n) is 5.03. The monoisotopic (exact) mass is 274 g/mol. The Hall–Kier alpha value is -1.39. The van der Waals surface area contributed by atoms with E-state index in [1.165, 1.54) is 10.4 Å². The fourth-order valence-corrected chi connectivity index (χ4v) is 3.52. The van der Waals surface area contributed by atoms with Gasteiger partial charge in [0.05, 0.1) is 16.8 Å². The van der Waals surface area contributed by atoms with Gasteiger partial charge in [0.15, 0.2) is 0 Å². The summed E-state index contributed by atoms with van der Waals surface area (Å²) in [6.07, 6.45) is 1.16. The molecule has 1 aliphatic rings.